The number of isocyanates is 1. The number of urea groups is 1. The highest BCUT2D eigenvalue weighted by atomic mass is 16.4. The topological polar surface area (TPSA) is 99.1 Å². The van der Waals surface area contributed by atoms with Crippen molar-refractivity contribution in [3.63, 3.8) is 0 Å². The fourth-order valence-electron chi connectivity index (χ4n) is 2.35. The van der Waals surface area contributed by atoms with Crippen molar-refractivity contribution < 1.29 is 19.5 Å². The Morgan fingerprint density at radius 1 is 1.35 bits per heavy atom. The zero-order valence-electron chi connectivity index (χ0n) is 15.6. The number of carboxylic acids is 1. The molecule has 1 aromatic carbocycles. The second kappa shape index (κ2) is 8.97. The number of benzene rings is 1. The van der Waals surface area contributed by atoms with E-state index in [2.05, 4.69) is 16.9 Å². The number of aryl methyl sites for hydroxylation is 1. The third kappa shape index (κ3) is 6.18. The first-order valence-corrected chi connectivity index (χ1v) is 8.24. The number of aliphatic carboxylic acids is 1. The van der Waals surface area contributed by atoms with Gasteiger partial charge in [-0.1, -0.05) is 12.6 Å². The van der Waals surface area contributed by atoms with Crippen LogP contribution in [0.15, 0.2) is 35.3 Å². The number of aliphatic imine (C=N–C) groups is 1. The summed E-state index contributed by atoms with van der Waals surface area (Å²) in [5.74, 6) is -1.03. The minimum Gasteiger partial charge on any atom is -0.478 e. The van der Waals surface area contributed by atoms with Crippen molar-refractivity contribution in [3.8, 4) is 0 Å². The molecule has 2 amide bonds. The lowest BCUT2D eigenvalue weighted by Crippen LogP contribution is -2.48. The van der Waals surface area contributed by atoms with Gasteiger partial charge in [-0.05, 0) is 58.2 Å². The van der Waals surface area contributed by atoms with Gasteiger partial charge < -0.3 is 15.3 Å². The molecule has 0 saturated carbocycles. The minimum absolute atomic E-state index is 0.120. The van der Waals surface area contributed by atoms with Crippen LogP contribution in [0.3, 0.4) is 0 Å². The number of nitrogens with one attached hydrogen (secondary N) is 1. The maximum Gasteiger partial charge on any atom is 0.330 e. The maximum atomic E-state index is 12.7. The molecule has 0 radical (unpaired) electrons. The van der Waals surface area contributed by atoms with E-state index >= 15 is 0 Å². The monoisotopic (exact) mass is 359 g/mol. The predicted molar refractivity (Wildman–Crippen MR) is 100 cm³/mol. The van der Waals surface area contributed by atoms with Gasteiger partial charge in [-0.25, -0.2) is 14.4 Å². The first kappa shape index (κ1) is 21.1. The summed E-state index contributed by atoms with van der Waals surface area (Å²) in [5.41, 5.74) is 1.42. The zero-order chi connectivity index (χ0) is 19.9. The first-order valence-electron chi connectivity index (χ1n) is 8.24. The largest absolute Gasteiger partial charge is 0.478 e. The van der Waals surface area contributed by atoms with Gasteiger partial charge in [0.15, 0.2) is 0 Å². The molecule has 0 spiro atoms. The Balaban J connectivity index is 2.87. The van der Waals surface area contributed by atoms with Gasteiger partial charge in [-0.2, -0.15) is 4.99 Å². The molecule has 0 aromatic heterocycles. The fraction of sp³-hybridized carbons (Fsp3) is 0.421. The van der Waals surface area contributed by atoms with Crippen molar-refractivity contribution in [3.05, 3.63) is 35.9 Å². The summed E-state index contributed by atoms with van der Waals surface area (Å²) in [5, 5.41) is 11.7. The molecule has 2 N–H and O–H groups in total. The van der Waals surface area contributed by atoms with Crippen LogP contribution in [-0.2, 0) is 9.59 Å². The van der Waals surface area contributed by atoms with Gasteiger partial charge in [0.25, 0.3) is 0 Å². The van der Waals surface area contributed by atoms with E-state index in [-0.39, 0.29) is 11.6 Å². The lowest BCUT2D eigenvalue weighted by Gasteiger charge is -2.35. The lowest BCUT2D eigenvalue weighted by molar-refractivity contribution is -0.132. The van der Waals surface area contributed by atoms with Crippen molar-refractivity contribution in [1.29, 1.82) is 0 Å². The van der Waals surface area contributed by atoms with E-state index in [9.17, 15) is 14.4 Å². The summed E-state index contributed by atoms with van der Waals surface area (Å²) >= 11 is 0. The Hall–Kier alpha value is -2.92. The Bertz CT molecular complexity index is 744. The number of nitrogens with zero attached hydrogens (tertiary/aromatic N) is 2. The predicted octanol–water partition coefficient (Wildman–Crippen LogP) is 4.02. The molecule has 0 unspecified atom stereocenters. The van der Waals surface area contributed by atoms with Crippen LogP contribution in [0, 0.1) is 6.92 Å². The molecule has 0 aliphatic carbocycles. The standard InChI is InChI=1S/C19H25N3O4/c1-13-8-9-15(11-16(13)20-12-23)21-18(26)22(19(3,4)5)10-6-7-14(2)17(24)25/h8-9,11H,2,6-7,10H2,1,3-5H3,(H,21,26)(H,24,25). The lowest BCUT2D eigenvalue weighted by atomic mass is 10.0. The summed E-state index contributed by atoms with van der Waals surface area (Å²) in [6.07, 6.45) is 2.29. The highest BCUT2D eigenvalue weighted by molar-refractivity contribution is 5.90. The van der Waals surface area contributed by atoms with E-state index in [4.69, 9.17) is 5.11 Å². The van der Waals surface area contributed by atoms with Gasteiger partial charge in [0, 0.05) is 23.3 Å². The van der Waals surface area contributed by atoms with Crippen LogP contribution >= 0.6 is 0 Å². The normalized spacial score (nSPS) is 10.6. The van der Waals surface area contributed by atoms with E-state index in [1.165, 1.54) is 6.08 Å². The maximum absolute atomic E-state index is 12.7. The molecule has 0 bridgehead atoms. The second-order valence-corrected chi connectivity index (χ2v) is 6.97. The van der Waals surface area contributed by atoms with Crippen LogP contribution in [0.25, 0.3) is 0 Å². The van der Waals surface area contributed by atoms with Crippen LogP contribution in [0.1, 0.15) is 39.2 Å². The van der Waals surface area contributed by atoms with Crippen LogP contribution in [0.5, 0.6) is 0 Å². The summed E-state index contributed by atoms with van der Waals surface area (Å²) in [7, 11) is 0. The minimum atomic E-state index is -1.03. The molecule has 0 fully saturated rings. The van der Waals surface area contributed by atoms with Crippen molar-refractivity contribution in [2.45, 2.75) is 46.1 Å². The van der Waals surface area contributed by atoms with Gasteiger partial charge in [0.2, 0.25) is 6.08 Å². The zero-order valence-corrected chi connectivity index (χ0v) is 15.6. The van der Waals surface area contributed by atoms with Crippen molar-refractivity contribution in [2.24, 2.45) is 4.99 Å². The van der Waals surface area contributed by atoms with E-state index < -0.39 is 11.5 Å². The molecule has 1 rings (SSSR count). The van der Waals surface area contributed by atoms with Gasteiger partial charge >= 0.3 is 12.0 Å². The highest BCUT2D eigenvalue weighted by Gasteiger charge is 2.26. The Kier molecular flexibility index (Phi) is 7.28. The average molecular weight is 359 g/mol. The summed E-state index contributed by atoms with van der Waals surface area (Å²) < 4.78 is 0. The van der Waals surface area contributed by atoms with Crippen molar-refractivity contribution in [2.75, 3.05) is 11.9 Å². The van der Waals surface area contributed by atoms with Gasteiger partial charge in [-0.3, -0.25) is 0 Å². The Morgan fingerprint density at radius 3 is 2.54 bits per heavy atom. The number of carboxylic acid groups (broad SMARTS) is 1. The quantitative estimate of drug-likeness (QED) is 0.436. The number of amides is 2. The van der Waals surface area contributed by atoms with Crippen LogP contribution in [0.4, 0.5) is 16.2 Å². The number of hydrogen-bond acceptors (Lipinski definition) is 4. The fourth-order valence-corrected chi connectivity index (χ4v) is 2.35. The molecular formula is C19H25N3O4. The number of anilines is 1. The van der Waals surface area contributed by atoms with Gasteiger partial charge in [0.05, 0.1) is 5.69 Å². The Labute approximate surface area is 153 Å². The van der Waals surface area contributed by atoms with E-state index in [1.807, 2.05) is 20.8 Å². The molecule has 0 aliphatic rings. The number of hydrogen-bond donors (Lipinski definition) is 2. The van der Waals surface area contributed by atoms with Crippen molar-refractivity contribution in [1.82, 2.24) is 4.90 Å². The average Bonchev–Trinajstić information content (AvgIpc) is 2.53. The summed E-state index contributed by atoms with van der Waals surface area (Å²) in [6, 6.07) is 4.77. The summed E-state index contributed by atoms with van der Waals surface area (Å²) in [4.78, 5) is 39.3. The third-order valence-electron chi connectivity index (χ3n) is 3.84. The van der Waals surface area contributed by atoms with E-state index in [1.54, 1.807) is 30.0 Å². The summed E-state index contributed by atoms with van der Waals surface area (Å²) in [6.45, 7) is 11.4. The van der Waals surface area contributed by atoms with Gasteiger partial charge in [0.1, 0.15) is 0 Å². The molecule has 26 heavy (non-hydrogen) atoms. The first-order chi connectivity index (χ1) is 12.1. The number of carbonyl (C=O) groups excluding carboxylic acids is 2. The molecule has 0 aliphatic heterocycles. The molecule has 7 heteroatoms. The van der Waals surface area contributed by atoms with Crippen LogP contribution in [0.2, 0.25) is 0 Å². The van der Waals surface area contributed by atoms with Crippen LogP contribution in [-0.4, -0.2) is 40.2 Å². The van der Waals surface area contributed by atoms with Crippen LogP contribution < -0.4 is 5.32 Å². The van der Waals surface area contributed by atoms with Crippen molar-refractivity contribution >= 4 is 29.5 Å². The van der Waals surface area contributed by atoms with Gasteiger partial charge in [-0.15, -0.1) is 0 Å². The smallest absolute Gasteiger partial charge is 0.330 e. The molecule has 7 nitrogen and oxygen atoms in total. The second-order valence-electron chi connectivity index (χ2n) is 6.97. The molecule has 0 atom stereocenters. The highest BCUT2D eigenvalue weighted by Crippen LogP contribution is 2.24. The van der Waals surface area contributed by atoms with E-state index in [0.29, 0.717) is 30.8 Å². The Morgan fingerprint density at radius 2 is 2.00 bits per heavy atom. The molecule has 0 heterocycles. The number of rotatable bonds is 7. The molecular weight excluding hydrogens is 334 g/mol. The van der Waals surface area contributed by atoms with E-state index in [0.717, 1.165) is 5.56 Å². The molecule has 140 valence electrons. The number of carbonyl (C=O) groups is 2. The molecule has 0 saturated heterocycles. The third-order valence-corrected chi connectivity index (χ3v) is 3.84. The SMILES string of the molecule is C=C(CCCN(C(=O)Nc1ccc(C)c(N=C=O)c1)C(C)(C)C)C(=O)O. The molecule has 1 aromatic rings.